The number of carbonyl (C=O) groups is 1. The molecule has 0 fully saturated rings. The minimum Gasteiger partial charge on any atom is -0.466 e. The first kappa shape index (κ1) is 23.4. The SMILES string of the molecule is CCOC(=O)CCCCCCCOc1ncc(-c2cccc(N)c2)n1-c1ccc(C)cc1. The van der Waals surface area contributed by atoms with E-state index in [1.54, 1.807) is 0 Å². The van der Waals surface area contributed by atoms with Gasteiger partial charge in [-0.05, 0) is 51.0 Å². The number of nitrogens with two attached hydrogens (primary N) is 1. The number of benzene rings is 2. The molecule has 0 atom stereocenters. The van der Waals surface area contributed by atoms with E-state index < -0.39 is 0 Å². The van der Waals surface area contributed by atoms with Crippen molar-refractivity contribution in [3.8, 4) is 23.0 Å². The zero-order valence-corrected chi connectivity index (χ0v) is 19.0. The van der Waals surface area contributed by atoms with Gasteiger partial charge in [0.1, 0.15) is 0 Å². The summed E-state index contributed by atoms with van der Waals surface area (Å²) < 4.78 is 13.1. The molecule has 2 aromatic carbocycles. The van der Waals surface area contributed by atoms with E-state index in [2.05, 4.69) is 36.2 Å². The first-order chi connectivity index (χ1) is 15.6. The van der Waals surface area contributed by atoms with Crippen LogP contribution in [0.5, 0.6) is 6.01 Å². The molecule has 0 radical (unpaired) electrons. The lowest BCUT2D eigenvalue weighted by molar-refractivity contribution is -0.143. The van der Waals surface area contributed by atoms with Crippen molar-refractivity contribution in [3.63, 3.8) is 0 Å². The molecule has 3 rings (SSSR count). The van der Waals surface area contributed by atoms with Crippen LogP contribution in [0.2, 0.25) is 0 Å². The molecule has 170 valence electrons. The number of imidazole rings is 1. The largest absolute Gasteiger partial charge is 0.466 e. The van der Waals surface area contributed by atoms with Gasteiger partial charge in [-0.2, -0.15) is 0 Å². The zero-order chi connectivity index (χ0) is 22.8. The Bertz CT molecular complexity index is 996. The number of hydrogen-bond acceptors (Lipinski definition) is 5. The highest BCUT2D eigenvalue weighted by Crippen LogP contribution is 2.30. The van der Waals surface area contributed by atoms with E-state index in [1.165, 1.54) is 5.56 Å². The molecule has 1 aromatic heterocycles. The second-order valence-corrected chi connectivity index (χ2v) is 7.89. The van der Waals surface area contributed by atoms with Gasteiger partial charge in [0.25, 0.3) is 0 Å². The lowest BCUT2D eigenvalue weighted by Crippen LogP contribution is -2.06. The molecule has 0 bridgehead atoms. The van der Waals surface area contributed by atoms with Crippen molar-refractivity contribution < 1.29 is 14.3 Å². The van der Waals surface area contributed by atoms with Gasteiger partial charge in [0, 0.05) is 17.7 Å². The highest BCUT2D eigenvalue weighted by Gasteiger charge is 2.15. The number of carbonyl (C=O) groups excluding carboxylic acids is 1. The van der Waals surface area contributed by atoms with E-state index in [4.69, 9.17) is 15.2 Å². The first-order valence-corrected chi connectivity index (χ1v) is 11.4. The molecule has 2 N–H and O–H groups in total. The Hall–Kier alpha value is -3.28. The van der Waals surface area contributed by atoms with Crippen molar-refractivity contribution in [2.45, 2.75) is 52.4 Å². The van der Waals surface area contributed by atoms with Crippen LogP contribution in [0.3, 0.4) is 0 Å². The van der Waals surface area contributed by atoms with Gasteiger partial charge in [-0.3, -0.25) is 9.36 Å². The molecule has 6 heteroatoms. The summed E-state index contributed by atoms with van der Waals surface area (Å²) in [7, 11) is 0. The second-order valence-electron chi connectivity index (χ2n) is 7.89. The summed E-state index contributed by atoms with van der Waals surface area (Å²) >= 11 is 0. The van der Waals surface area contributed by atoms with Crippen LogP contribution in [0.15, 0.2) is 54.7 Å². The standard InChI is InChI=1S/C26H33N3O3/c1-3-31-25(30)12-7-5-4-6-8-17-32-26-28-19-24(21-10-9-11-22(27)18-21)29(26)23-15-13-20(2)14-16-23/h9-11,13-16,18-19H,3-8,12,17,27H2,1-2H3. The number of nitrogens with zero attached hydrogens (tertiary/aromatic N) is 2. The predicted octanol–water partition coefficient (Wildman–Crippen LogP) is 5.71. The van der Waals surface area contributed by atoms with E-state index in [1.807, 2.05) is 42.0 Å². The van der Waals surface area contributed by atoms with Crippen molar-refractivity contribution in [3.05, 3.63) is 60.3 Å². The normalized spacial score (nSPS) is 10.8. The molecule has 0 amide bonds. The van der Waals surface area contributed by atoms with Gasteiger partial charge in [0.05, 0.1) is 30.8 Å². The second kappa shape index (κ2) is 11.9. The molecule has 6 nitrogen and oxygen atoms in total. The van der Waals surface area contributed by atoms with Crippen molar-refractivity contribution in [2.24, 2.45) is 0 Å². The summed E-state index contributed by atoms with van der Waals surface area (Å²) in [6.07, 6.45) is 7.30. The smallest absolute Gasteiger partial charge is 0.305 e. The molecule has 0 aliphatic rings. The number of rotatable bonds is 12. The van der Waals surface area contributed by atoms with Gasteiger partial charge in [-0.25, -0.2) is 4.98 Å². The summed E-state index contributed by atoms with van der Waals surface area (Å²) in [6, 6.07) is 16.7. The Labute approximate surface area is 190 Å². The predicted molar refractivity (Wildman–Crippen MR) is 128 cm³/mol. The van der Waals surface area contributed by atoms with Crippen LogP contribution >= 0.6 is 0 Å². The fourth-order valence-electron chi connectivity index (χ4n) is 3.58. The molecule has 0 aliphatic heterocycles. The van der Waals surface area contributed by atoms with E-state index in [0.717, 1.165) is 49.0 Å². The first-order valence-electron chi connectivity index (χ1n) is 11.4. The lowest BCUT2D eigenvalue weighted by Gasteiger charge is -2.13. The number of unbranched alkanes of at least 4 members (excludes halogenated alkanes) is 4. The summed E-state index contributed by atoms with van der Waals surface area (Å²) in [5.74, 6) is -0.102. The van der Waals surface area contributed by atoms with Crippen LogP contribution < -0.4 is 10.5 Å². The highest BCUT2D eigenvalue weighted by atomic mass is 16.5. The van der Waals surface area contributed by atoms with Crippen molar-refractivity contribution in [2.75, 3.05) is 18.9 Å². The molecule has 0 unspecified atom stereocenters. The topological polar surface area (TPSA) is 79.4 Å². The molecular weight excluding hydrogens is 402 g/mol. The van der Waals surface area contributed by atoms with Gasteiger partial charge in [-0.15, -0.1) is 0 Å². The van der Waals surface area contributed by atoms with E-state index in [9.17, 15) is 4.79 Å². The molecule has 0 spiro atoms. The number of ether oxygens (including phenoxy) is 2. The highest BCUT2D eigenvalue weighted by molar-refractivity contribution is 5.69. The number of esters is 1. The van der Waals surface area contributed by atoms with Gasteiger partial charge >= 0.3 is 12.0 Å². The maximum Gasteiger partial charge on any atom is 0.305 e. The molecular formula is C26H33N3O3. The molecule has 1 heterocycles. The van der Waals surface area contributed by atoms with Crippen LogP contribution in [-0.4, -0.2) is 28.7 Å². The monoisotopic (exact) mass is 435 g/mol. The Morgan fingerprint density at radius 3 is 2.53 bits per heavy atom. The summed E-state index contributed by atoms with van der Waals surface area (Å²) in [5, 5.41) is 0. The minimum atomic E-state index is -0.102. The maximum atomic E-state index is 11.4. The Balaban J connectivity index is 1.59. The number of hydrogen-bond donors (Lipinski definition) is 1. The Kier molecular flexibility index (Phi) is 8.72. The summed E-state index contributed by atoms with van der Waals surface area (Å²) in [4.78, 5) is 15.9. The third-order valence-corrected chi connectivity index (χ3v) is 5.27. The Morgan fingerprint density at radius 2 is 1.78 bits per heavy atom. The van der Waals surface area contributed by atoms with Gasteiger partial charge in [0.15, 0.2) is 0 Å². The number of aryl methyl sites for hydroxylation is 1. The lowest BCUT2D eigenvalue weighted by atomic mass is 10.1. The van der Waals surface area contributed by atoms with Gasteiger partial charge in [0.2, 0.25) is 0 Å². The summed E-state index contributed by atoms with van der Waals surface area (Å²) in [5.41, 5.74) is 10.9. The van der Waals surface area contributed by atoms with E-state index in [0.29, 0.717) is 31.3 Å². The fourth-order valence-corrected chi connectivity index (χ4v) is 3.58. The minimum absolute atomic E-state index is 0.102. The quantitative estimate of drug-likeness (QED) is 0.224. The van der Waals surface area contributed by atoms with Crippen LogP contribution in [0, 0.1) is 6.92 Å². The van der Waals surface area contributed by atoms with Crippen molar-refractivity contribution in [1.29, 1.82) is 0 Å². The molecule has 0 saturated heterocycles. The average molecular weight is 436 g/mol. The van der Waals surface area contributed by atoms with Gasteiger partial charge < -0.3 is 15.2 Å². The fraction of sp³-hybridized carbons (Fsp3) is 0.385. The summed E-state index contributed by atoms with van der Waals surface area (Å²) in [6.45, 7) is 4.95. The molecule has 0 aliphatic carbocycles. The molecule has 3 aromatic rings. The van der Waals surface area contributed by atoms with Crippen LogP contribution in [-0.2, 0) is 9.53 Å². The van der Waals surface area contributed by atoms with Crippen LogP contribution in [0.4, 0.5) is 5.69 Å². The third kappa shape index (κ3) is 6.61. The van der Waals surface area contributed by atoms with Crippen LogP contribution in [0.25, 0.3) is 16.9 Å². The molecule has 32 heavy (non-hydrogen) atoms. The average Bonchev–Trinajstić information content (AvgIpc) is 3.20. The maximum absolute atomic E-state index is 11.4. The zero-order valence-electron chi connectivity index (χ0n) is 19.0. The molecule has 0 saturated carbocycles. The van der Waals surface area contributed by atoms with E-state index >= 15 is 0 Å². The van der Waals surface area contributed by atoms with E-state index in [-0.39, 0.29) is 5.97 Å². The number of aromatic nitrogens is 2. The Morgan fingerprint density at radius 1 is 1.03 bits per heavy atom. The van der Waals surface area contributed by atoms with Gasteiger partial charge in [-0.1, -0.05) is 49.1 Å². The number of anilines is 1. The van der Waals surface area contributed by atoms with Crippen molar-refractivity contribution >= 4 is 11.7 Å². The van der Waals surface area contributed by atoms with Crippen LogP contribution in [0.1, 0.15) is 51.0 Å². The van der Waals surface area contributed by atoms with Crippen molar-refractivity contribution in [1.82, 2.24) is 9.55 Å². The third-order valence-electron chi connectivity index (χ3n) is 5.27. The number of nitrogen functional groups attached to an aromatic ring is 1.